The summed E-state index contributed by atoms with van der Waals surface area (Å²) in [6.45, 7) is 13.9. The number of ketones is 1. The number of amides is 1. The molecule has 2 bridgehead atoms. The van der Waals surface area contributed by atoms with E-state index in [1.54, 1.807) is 45.9 Å². The number of Topliss-reactive ketones (excluding diaryl/α,β-unsaturated/α-hetero) is 1. The van der Waals surface area contributed by atoms with E-state index in [9.17, 15) is 34.7 Å². The molecule has 3 saturated heterocycles. The number of hydrogen-bond donors (Lipinski definition) is 2. The number of cyclic esters (lactones) is 1. The average Bonchev–Trinajstić information content (AvgIpc) is 3.70. The Morgan fingerprint density at radius 2 is 1.79 bits per heavy atom. The predicted octanol–water partition coefficient (Wildman–Crippen LogP) is 4.69. The lowest BCUT2D eigenvalue weighted by atomic mass is 9.73. The van der Waals surface area contributed by atoms with E-state index in [0.29, 0.717) is 12.1 Å². The van der Waals surface area contributed by atoms with E-state index >= 15 is 0 Å². The van der Waals surface area contributed by atoms with Crippen LogP contribution >= 0.6 is 0 Å². The summed E-state index contributed by atoms with van der Waals surface area (Å²) in [7, 11) is 3.68. The summed E-state index contributed by atoms with van der Waals surface area (Å²) in [6, 6.07) is 7.23. The fourth-order valence-corrected chi connectivity index (χ4v) is 9.15. The van der Waals surface area contributed by atoms with Gasteiger partial charge in [0.15, 0.2) is 24.4 Å². The Balaban J connectivity index is 1.63. The SMILES string of the molecule is CC[C@H]1OC(=O)[C@H](C)C(=O)[C@H](C)[C@@H](O[C@@H]2O[C@H](C)C[C@H](N(C)C)[C@H]2O)[C@@]2(C)C[C@@H](C)C(=NC(C)=O)[C@H](C)C(OC/C(=N\OCc3cc(-c4ccccc4[N+](=O)[O-])no3)CO2)[C@]1(C)O. The van der Waals surface area contributed by atoms with Crippen molar-refractivity contribution in [1.82, 2.24) is 10.1 Å². The molecule has 2 aromatic rings. The summed E-state index contributed by atoms with van der Waals surface area (Å²) < 4.78 is 37.8. The number of oxime groups is 1. The second kappa shape index (κ2) is 20.6. The summed E-state index contributed by atoms with van der Waals surface area (Å²) in [6.07, 6.45) is -5.58. The van der Waals surface area contributed by atoms with E-state index in [2.05, 4.69) is 15.3 Å². The molecule has 4 heterocycles. The van der Waals surface area contributed by atoms with Crippen LogP contribution in [0.25, 0.3) is 11.3 Å². The van der Waals surface area contributed by atoms with Gasteiger partial charge in [-0.3, -0.25) is 24.5 Å². The number of nitro benzene ring substituents is 1. The zero-order valence-corrected chi connectivity index (χ0v) is 38.0. The van der Waals surface area contributed by atoms with Crippen LogP contribution in [-0.2, 0) is 49.5 Å². The lowest BCUT2D eigenvalue weighted by molar-refractivity contribution is -0.384. The van der Waals surface area contributed by atoms with Crippen molar-refractivity contribution >= 4 is 34.8 Å². The number of aliphatic imine (C=N–C) groups is 1. The molecule has 2 N–H and O–H groups in total. The van der Waals surface area contributed by atoms with E-state index in [4.69, 9.17) is 33.0 Å². The van der Waals surface area contributed by atoms with Gasteiger partial charge in [-0.25, -0.2) is 4.99 Å². The van der Waals surface area contributed by atoms with E-state index in [0.717, 1.165) is 0 Å². The fourth-order valence-electron chi connectivity index (χ4n) is 9.15. The van der Waals surface area contributed by atoms with Gasteiger partial charge in [0, 0.05) is 42.6 Å². The molecule has 3 aliphatic heterocycles. The third kappa shape index (κ3) is 11.2. The maximum Gasteiger partial charge on any atom is 0.316 e. The Morgan fingerprint density at radius 3 is 2.44 bits per heavy atom. The fraction of sp³-hybridized carbons (Fsp3) is 0.682. The molecule has 0 saturated carbocycles. The average molecular weight is 886 g/mol. The summed E-state index contributed by atoms with van der Waals surface area (Å²) in [5.41, 5.74) is -2.55. The number of aliphatic hydroxyl groups is 2. The van der Waals surface area contributed by atoms with E-state index in [1.165, 1.54) is 32.9 Å². The quantitative estimate of drug-likeness (QED) is 0.150. The lowest BCUT2D eigenvalue weighted by Crippen LogP contribution is -2.60. The molecule has 0 radical (unpaired) electrons. The van der Waals surface area contributed by atoms with Gasteiger partial charge in [-0.05, 0) is 73.0 Å². The predicted molar refractivity (Wildman–Crippen MR) is 227 cm³/mol. The molecule has 13 atom stereocenters. The van der Waals surface area contributed by atoms with E-state index < -0.39 is 88.2 Å². The van der Waals surface area contributed by atoms with Crippen LogP contribution in [-0.4, -0.2) is 136 Å². The minimum absolute atomic E-state index is 0.0761. The number of para-hydroxylation sites is 1. The molecule has 19 heteroatoms. The third-order valence-corrected chi connectivity index (χ3v) is 12.5. The van der Waals surface area contributed by atoms with Gasteiger partial charge in [-0.15, -0.1) is 0 Å². The van der Waals surface area contributed by atoms with Crippen LogP contribution in [0.1, 0.15) is 87.3 Å². The number of ether oxygens (including phenoxy) is 5. The first-order valence-corrected chi connectivity index (χ1v) is 21.4. The number of nitrogens with zero attached hydrogens (tertiary/aromatic N) is 5. The third-order valence-electron chi connectivity index (χ3n) is 12.5. The van der Waals surface area contributed by atoms with Crippen LogP contribution in [0.5, 0.6) is 0 Å². The molecular weight excluding hydrogens is 823 g/mol. The lowest BCUT2D eigenvalue weighted by Gasteiger charge is -2.47. The Hall–Kier alpha value is -4.50. The topological polar surface area (TPSA) is 244 Å². The van der Waals surface area contributed by atoms with Gasteiger partial charge in [0.1, 0.15) is 35.1 Å². The van der Waals surface area contributed by atoms with Crippen LogP contribution in [0.15, 0.2) is 45.0 Å². The van der Waals surface area contributed by atoms with Crippen molar-refractivity contribution in [2.75, 3.05) is 27.3 Å². The Morgan fingerprint density at radius 1 is 1.10 bits per heavy atom. The van der Waals surface area contributed by atoms with Crippen molar-refractivity contribution in [3.8, 4) is 11.3 Å². The first kappa shape index (κ1) is 49.5. The number of benzene rings is 1. The van der Waals surface area contributed by atoms with Crippen LogP contribution in [0.3, 0.4) is 0 Å². The van der Waals surface area contributed by atoms with Gasteiger partial charge in [0.2, 0.25) is 5.91 Å². The molecule has 63 heavy (non-hydrogen) atoms. The zero-order chi connectivity index (χ0) is 46.6. The molecule has 0 spiro atoms. The molecule has 0 aliphatic carbocycles. The second-order valence-electron chi connectivity index (χ2n) is 17.8. The summed E-state index contributed by atoms with van der Waals surface area (Å²) >= 11 is 0. The van der Waals surface area contributed by atoms with Gasteiger partial charge in [0.25, 0.3) is 5.69 Å². The highest BCUT2D eigenvalue weighted by Crippen LogP contribution is 2.40. The number of carbonyl (C=O) groups excluding carboxylic acids is 3. The van der Waals surface area contributed by atoms with E-state index in [1.807, 2.05) is 32.8 Å². The van der Waals surface area contributed by atoms with Gasteiger partial charge in [-0.2, -0.15) is 0 Å². The molecule has 19 nitrogen and oxygen atoms in total. The number of rotatable bonds is 9. The molecule has 348 valence electrons. The number of nitro groups is 1. The molecular formula is C44H63N5O14. The summed E-state index contributed by atoms with van der Waals surface area (Å²) in [4.78, 5) is 64.5. The highest BCUT2D eigenvalue weighted by molar-refractivity contribution is 6.00. The van der Waals surface area contributed by atoms with Crippen LogP contribution in [0.4, 0.5) is 5.69 Å². The minimum Gasteiger partial charge on any atom is -0.459 e. The van der Waals surface area contributed by atoms with Crippen LogP contribution in [0, 0.1) is 33.8 Å². The van der Waals surface area contributed by atoms with Crippen molar-refractivity contribution in [3.05, 3.63) is 46.2 Å². The number of likely N-dealkylation sites (N-methyl/N-ethyl adjacent to an activating group) is 1. The molecule has 1 amide bonds. The molecule has 3 fully saturated rings. The monoisotopic (exact) mass is 885 g/mol. The van der Waals surface area contributed by atoms with Crippen LogP contribution in [0.2, 0.25) is 0 Å². The van der Waals surface area contributed by atoms with Crippen molar-refractivity contribution in [2.24, 2.45) is 33.8 Å². The van der Waals surface area contributed by atoms with Crippen molar-refractivity contribution in [1.29, 1.82) is 0 Å². The molecule has 1 aromatic heterocycles. The first-order valence-electron chi connectivity index (χ1n) is 21.4. The van der Waals surface area contributed by atoms with Gasteiger partial charge >= 0.3 is 5.97 Å². The maximum absolute atomic E-state index is 14.5. The van der Waals surface area contributed by atoms with Crippen LogP contribution < -0.4 is 0 Å². The Bertz CT molecular complexity index is 2020. The summed E-state index contributed by atoms with van der Waals surface area (Å²) in [5.74, 6) is -5.47. The Kier molecular flexibility index (Phi) is 16.2. The molecule has 1 unspecified atom stereocenters. The zero-order valence-electron chi connectivity index (χ0n) is 38.0. The highest BCUT2D eigenvalue weighted by Gasteiger charge is 2.53. The Labute approximate surface area is 367 Å². The normalized spacial score (nSPS) is 36.3. The standard InChI is InChI=1S/C44H63N5O14/c1-12-35-44(9,54)40-25(4)36(45-28(7)50)23(2)19-43(8,39(26(5)37(51)27(6)41(53)61-35)62-42-38(52)34(48(10)11)17-24(3)60-42)58-21-29(20-57-40)46-59-22-30-18-32(47-63-30)31-15-13-14-16-33(31)49(55)56/h13-16,18,23-27,34-35,38-40,42,52,54H,12,17,19-22H2,1-11H3/b45-36?,46-29+/t23-,24-,25+,26+,27-,34+,35-,38-,39-,40?,42+,43-,44-/m1/s1. The van der Waals surface area contributed by atoms with Crippen molar-refractivity contribution < 1.29 is 62.6 Å². The second-order valence-corrected chi connectivity index (χ2v) is 17.8. The minimum atomic E-state index is -1.92. The van der Waals surface area contributed by atoms with Gasteiger partial charge < -0.3 is 48.2 Å². The number of fused-ring (bicyclic) bond motifs is 5. The number of hydrogen-bond acceptors (Lipinski definition) is 17. The number of aliphatic hydroxyl groups excluding tert-OH is 1. The largest absolute Gasteiger partial charge is 0.459 e. The van der Waals surface area contributed by atoms with Crippen molar-refractivity contribution in [2.45, 2.75) is 142 Å². The smallest absolute Gasteiger partial charge is 0.316 e. The maximum atomic E-state index is 14.5. The number of esters is 1. The highest BCUT2D eigenvalue weighted by atomic mass is 16.7. The molecule has 5 rings (SSSR count). The van der Waals surface area contributed by atoms with Crippen molar-refractivity contribution in [3.63, 3.8) is 0 Å². The van der Waals surface area contributed by atoms with Gasteiger partial charge in [-0.1, -0.05) is 50.1 Å². The number of aromatic nitrogens is 1. The summed E-state index contributed by atoms with van der Waals surface area (Å²) in [5, 5.41) is 44.1. The van der Waals surface area contributed by atoms with Gasteiger partial charge in [0.05, 0.1) is 47.6 Å². The molecule has 1 aromatic carbocycles. The first-order chi connectivity index (χ1) is 29.6. The van der Waals surface area contributed by atoms with E-state index in [-0.39, 0.29) is 73.2 Å². The molecule has 3 aliphatic rings. The number of carbonyl (C=O) groups is 3.